The Balaban J connectivity index is 2.01. The molecule has 4 heteroatoms. The van der Waals surface area contributed by atoms with E-state index in [1.165, 1.54) is 6.92 Å². The van der Waals surface area contributed by atoms with Crippen molar-refractivity contribution in [1.29, 1.82) is 0 Å². The van der Waals surface area contributed by atoms with E-state index in [1.807, 2.05) is 36.4 Å². The van der Waals surface area contributed by atoms with Gasteiger partial charge in [-0.2, -0.15) is 0 Å². The number of allylic oxidation sites excluding steroid dienone is 1. The van der Waals surface area contributed by atoms with Gasteiger partial charge < -0.3 is 14.9 Å². The van der Waals surface area contributed by atoms with E-state index in [2.05, 4.69) is 0 Å². The molecule has 3 rings (SSSR count). The Morgan fingerprint density at radius 3 is 2.50 bits per heavy atom. The molecule has 106 valence electrons. The predicted octanol–water partition coefficient (Wildman–Crippen LogP) is 1.89. The van der Waals surface area contributed by atoms with Gasteiger partial charge in [-0.3, -0.25) is 4.79 Å². The molecule has 0 radical (unpaired) electrons. The lowest BCUT2D eigenvalue weighted by molar-refractivity contribution is -0.153. The van der Waals surface area contributed by atoms with E-state index in [9.17, 15) is 15.0 Å². The summed E-state index contributed by atoms with van der Waals surface area (Å²) in [6.45, 7) is 1.36. The van der Waals surface area contributed by atoms with Crippen molar-refractivity contribution in [2.75, 3.05) is 0 Å². The third-order valence-corrected chi connectivity index (χ3v) is 4.31. The monoisotopic (exact) mass is 274 g/mol. The van der Waals surface area contributed by atoms with Gasteiger partial charge in [0.2, 0.25) is 0 Å². The predicted molar refractivity (Wildman–Crippen MR) is 72.7 cm³/mol. The Morgan fingerprint density at radius 1 is 1.20 bits per heavy atom. The fraction of sp³-hybridized carbons (Fsp3) is 0.438. The smallest absolute Gasteiger partial charge is 0.303 e. The van der Waals surface area contributed by atoms with Crippen LogP contribution in [0.1, 0.15) is 36.7 Å². The van der Waals surface area contributed by atoms with Crippen LogP contribution < -0.4 is 0 Å². The van der Waals surface area contributed by atoms with Gasteiger partial charge in [-0.25, -0.2) is 0 Å². The zero-order valence-electron chi connectivity index (χ0n) is 11.3. The molecule has 0 aromatic heterocycles. The molecule has 2 aliphatic rings. The first kappa shape index (κ1) is 13.3. The molecule has 0 fully saturated rings. The molecule has 0 aliphatic heterocycles. The van der Waals surface area contributed by atoms with Crippen molar-refractivity contribution in [2.24, 2.45) is 11.8 Å². The Bertz CT molecular complexity index is 551. The largest absolute Gasteiger partial charge is 0.458 e. The average molecular weight is 274 g/mol. The molecule has 2 aliphatic carbocycles. The fourth-order valence-electron chi connectivity index (χ4n) is 3.45. The van der Waals surface area contributed by atoms with Crippen LogP contribution in [0.4, 0.5) is 0 Å². The van der Waals surface area contributed by atoms with E-state index in [4.69, 9.17) is 4.74 Å². The van der Waals surface area contributed by atoms with Crippen molar-refractivity contribution in [3.8, 4) is 0 Å². The summed E-state index contributed by atoms with van der Waals surface area (Å²) in [6.07, 6.45) is 2.56. The van der Waals surface area contributed by atoms with Crippen LogP contribution in [0.15, 0.2) is 36.4 Å². The van der Waals surface area contributed by atoms with E-state index in [1.54, 1.807) is 0 Å². The maximum Gasteiger partial charge on any atom is 0.303 e. The molecule has 0 spiro atoms. The van der Waals surface area contributed by atoms with Crippen LogP contribution in [-0.2, 0) is 9.53 Å². The van der Waals surface area contributed by atoms with E-state index in [-0.39, 0.29) is 17.8 Å². The highest BCUT2D eigenvalue weighted by molar-refractivity contribution is 5.66. The van der Waals surface area contributed by atoms with Crippen molar-refractivity contribution in [3.05, 3.63) is 47.5 Å². The first-order valence-electron chi connectivity index (χ1n) is 6.88. The van der Waals surface area contributed by atoms with Crippen molar-refractivity contribution in [3.63, 3.8) is 0 Å². The molecule has 1 aromatic carbocycles. The summed E-state index contributed by atoms with van der Waals surface area (Å²) in [6, 6.07) is 7.37. The number of ether oxygens (including phenoxy) is 1. The van der Waals surface area contributed by atoms with Gasteiger partial charge in [0.05, 0.1) is 12.2 Å². The highest BCUT2D eigenvalue weighted by Crippen LogP contribution is 2.49. The Morgan fingerprint density at radius 2 is 1.85 bits per heavy atom. The van der Waals surface area contributed by atoms with Crippen LogP contribution in [0.5, 0.6) is 0 Å². The van der Waals surface area contributed by atoms with Gasteiger partial charge in [-0.1, -0.05) is 30.3 Å². The second-order valence-electron chi connectivity index (χ2n) is 5.50. The molecule has 0 bridgehead atoms. The quantitative estimate of drug-likeness (QED) is 0.606. The number of rotatable bonds is 1. The van der Waals surface area contributed by atoms with Gasteiger partial charge in [0.25, 0.3) is 0 Å². The highest BCUT2D eigenvalue weighted by Gasteiger charge is 2.46. The molecular formula is C16H18O4. The summed E-state index contributed by atoms with van der Waals surface area (Å²) in [4.78, 5) is 11.2. The maximum atomic E-state index is 11.2. The summed E-state index contributed by atoms with van der Waals surface area (Å²) < 4.78 is 5.30. The van der Waals surface area contributed by atoms with E-state index >= 15 is 0 Å². The van der Waals surface area contributed by atoms with Gasteiger partial charge >= 0.3 is 5.97 Å². The van der Waals surface area contributed by atoms with E-state index in [0.29, 0.717) is 6.42 Å². The number of hydrogen-bond acceptors (Lipinski definition) is 4. The van der Waals surface area contributed by atoms with Gasteiger partial charge in [-0.05, 0) is 23.6 Å². The third kappa shape index (κ3) is 2.05. The average Bonchev–Trinajstić information content (AvgIpc) is 2.44. The van der Waals surface area contributed by atoms with Crippen LogP contribution in [0.25, 0.3) is 0 Å². The topological polar surface area (TPSA) is 66.8 Å². The second-order valence-corrected chi connectivity index (χ2v) is 5.50. The van der Waals surface area contributed by atoms with Crippen molar-refractivity contribution < 1.29 is 19.7 Å². The Labute approximate surface area is 117 Å². The molecular weight excluding hydrogens is 256 g/mol. The van der Waals surface area contributed by atoms with E-state index in [0.717, 1.165) is 11.1 Å². The lowest BCUT2D eigenvalue weighted by atomic mass is 9.66. The molecule has 1 aromatic rings. The minimum atomic E-state index is -0.728. The first-order valence-corrected chi connectivity index (χ1v) is 6.88. The lowest BCUT2D eigenvalue weighted by Crippen LogP contribution is -2.42. The number of carbonyl (C=O) groups is 1. The number of aliphatic hydroxyl groups excluding tert-OH is 2. The van der Waals surface area contributed by atoms with Crippen LogP contribution in [0, 0.1) is 11.8 Å². The molecule has 2 N–H and O–H groups in total. The summed E-state index contributed by atoms with van der Waals surface area (Å²) in [7, 11) is 0. The van der Waals surface area contributed by atoms with Gasteiger partial charge in [0, 0.05) is 18.8 Å². The summed E-state index contributed by atoms with van der Waals surface area (Å²) in [5, 5.41) is 21.2. The summed E-state index contributed by atoms with van der Waals surface area (Å²) >= 11 is 0. The van der Waals surface area contributed by atoms with Crippen molar-refractivity contribution in [2.45, 2.75) is 31.7 Å². The van der Waals surface area contributed by atoms with Crippen LogP contribution >= 0.6 is 0 Å². The number of aliphatic hydroxyl groups is 2. The van der Waals surface area contributed by atoms with E-state index < -0.39 is 18.3 Å². The molecule has 5 atom stereocenters. The second kappa shape index (κ2) is 5.04. The minimum Gasteiger partial charge on any atom is -0.458 e. The molecule has 0 amide bonds. The number of carbonyl (C=O) groups excluding carboxylic acids is 1. The van der Waals surface area contributed by atoms with Gasteiger partial charge in [0.15, 0.2) is 0 Å². The molecule has 4 nitrogen and oxygen atoms in total. The lowest BCUT2D eigenvalue weighted by Gasteiger charge is -2.44. The highest BCUT2D eigenvalue weighted by atomic mass is 16.5. The fourth-order valence-corrected chi connectivity index (χ4v) is 3.45. The first-order chi connectivity index (χ1) is 9.59. The molecule has 0 saturated carbocycles. The Hall–Kier alpha value is -1.65. The molecule has 0 heterocycles. The van der Waals surface area contributed by atoms with Crippen LogP contribution in [0.2, 0.25) is 0 Å². The third-order valence-electron chi connectivity index (χ3n) is 4.31. The zero-order chi connectivity index (χ0) is 14.3. The Kier molecular flexibility index (Phi) is 3.36. The number of esters is 1. The standard InChI is InChI=1S/C16H18O4/c1-9(17)20-13-8-4-7-12-14(13)16(19)11-6-3-2-5-10(11)15(12)18/h2-6,8,12-16,18-19H,7H2,1H3/t12-,13+,14-,15+,16-/m1/s1. The summed E-state index contributed by atoms with van der Waals surface area (Å²) in [5.74, 6) is -0.802. The number of hydrogen-bond donors (Lipinski definition) is 2. The SMILES string of the molecule is CC(=O)O[C@H]1C=CC[C@@H]2[C@H]1[C@H](O)c1ccccc1[C@@H]2O. The van der Waals surface area contributed by atoms with Crippen LogP contribution in [-0.4, -0.2) is 22.3 Å². The summed E-state index contributed by atoms with van der Waals surface area (Å²) in [5.41, 5.74) is 1.51. The molecule has 0 saturated heterocycles. The molecule has 20 heavy (non-hydrogen) atoms. The number of fused-ring (bicyclic) bond motifs is 2. The maximum absolute atomic E-state index is 11.2. The normalized spacial score (nSPS) is 35.0. The number of benzene rings is 1. The zero-order valence-corrected chi connectivity index (χ0v) is 11.3. The van der Waals surface area contributed by atoms with Crippen molar-refractivity contribution in [1.82, 2.24) is 0 Å². The molecule has 0 unspecified atom stereocenters. The minimum absolute atomic E-state index is 0.130. The van der Waals surface area contributed by atoms with Gasteiger partial charge in [-0.15, -0.1) is 0 Å². The van der Waals surface area contributed by atoms with Crippen molar-refractivity contribution >= 4 is 5.97 Å². The van der Waals surface area contributed by atoms with Gasteiger partial charge in [0.1, 0.15) is 6.10 Å². The van der Waals surface area contributed by atoms with Crippen LogP contribution in [0.3, 0.4) is 0 Å².